The number of imidazole rings is 1. The Hall–Kier alpha value is -2.86. The van der Waals surface area contributed by atoms with E-state index in [-0.39, 0.29) is 16.9 Å². The molecule has 0 N–H and O–H groups in total. The van der Waals surface area contributed by atoms with E-state index in [1.54, 1.807) is 41.0 Å². The molecule has 0 amide bonds. The number of halogens is 4. The van der Waals surface area contributed by atoms with Gasteiger partial charge in [0.2, 0.25) is 0 Å². The van der Waals surface area contributed by atoms with Crippen LogP contribution in [0.25, 0.3) is 22.4 Å². The van der Waals surface area contributed by atoms with Crippen LogP contribution in [-0.4, -0.2) is 14.5 Å². The van der Waals surface area contributed by atoms with Gasteiger partial charge in [-0.2, -0.15) is 13.2 Å². The minimum Gasteiger partial charge on any atom is -0.315 e. The molecule has 142 valence electrons. The van der Waals surface area contributed by atoms with E-state index in [1.165, 1.54) is 6.33 Å². The molecule has 0 bridgehead atoms. The molecule has 0 fully saturated rings. The van der Waals surface area contributed by atoms with E-state index in [4.69, 9.17) is 11.6 Å². The molecule has 0 aliphatic rings. The van der Waals surface area contributed by atoms with Crippen LogP contribution < -0.4 is 0 Å². The van der Waals surface area contributed by atoms with Crippen molar-refractivity contribution in [2.24, 2.45) is 0 Å². The Balaban J connectivity index is 1.79. The van der Waals surface area contributed by atoms with Crippen molar-refractivity contribution in [2.45, 2.75) is 19.1 Å². The van der Waals surface area contributed by atoms with Crippen LogP contribution in [0.1, 0.15) is 11.1 Å². The van der Waals surface area contributed by atoms with Crippen molar-refractivity contribution in [3.05, 3.63) is 83.1 Å². The second kappa shape index (κ2) is 7.28. The third-order valence-corrected chi connectivity index (χ3v) is 4.90. The fourth-order valence-corrected chi connectivity index (χ4v) is 3.34. The first-order valence-corrected chi connectivity index (χ1v) is 9.03. The molecule has 2 aromatic carbocycles. The zero-order valence-corrected chi connectivity index (χ0v) is 15.4. The summed E-state index contributed by atoms with van der Waals surface area (Å²) in [6, 6.07) is 17.3. The monoisotopic (exact) mass is 401 g/mol. The Labute approximate surface area is 164 Å². The van der Waals surface area contributed by atoms with E-state index >= 15 is 0 Å². The number of pyridine rings is 1. The fraction of sp³-hybridized carbons (Fsp3) is 0.143. The van der Waals surface area contributed by atoms with Crippen molar-refractivity contribution in [3.8, 4) is 11.3 Å². The van der Waals surface area contributed by atoms with Crippen molar-refractivity contribution in [2.75, 3.05) is 0 Å². The van der Waals surface area contributed by atoms with Crippen LogP contribution in [0.15, 0.2) is 67.0 Å². The minimum atomic E-state index is -4.52. The maximum absolute atomic E-state index is 13.6. The van der Waals surface area contributed by atoms with E-state index in [0.29, 0.717) is 23.6 Å². The number of hydrogen-bond acceptors (Lipinski definition) is 2. The highest BCUT2D eigenvalue weighted by molar-refractivity contribution is 6.31. The Bertz CT molecular complexity index is 1120. The first kappa shape index (κ1) is 18.5. The van der Waals surface area contributed by atoms with Gasteiger partial charge in [0.15, 0.2) is 5.65 Å². The summed E-state index contributed by atoms with van der Waals surface area (Å²) in [4.78, 5) is 8.48. The average molecular weight is 402 g/mol. The molecule has 0 radical (unpaired) electrons. The van der Waals surface area contributed by atoms with Crippen LogP contribution in [0.2, 0.25) is 5.02 Å². The topological polar surface area (TPSA) is 30.7 Å². The summed E-state index contributed by atoms with van der Waals surface area (Å²) in [7, 11) is 0. The molecule has 0 aliphatic carbocycles. The standard InChI is InChI=1S/C21H15ClF3N3/c22-17-9-5-4-6-14(17)10-11-28-13-26-19-16(21(23,24)25)12-18(27-20(19)28)15-7-2-1-3-8-15/h1-9,12-13H,10-11H2. The Morgan fingerprint density at radius 3 is 2.39 bits per heavy atom. The van der Waals surface area contributed by atoms with Crippen molar-refractivity contribution < 1.29 is 13.2 Å². The molecule has 7 heteroatoms. The Kier molecular flexibility index (Phi) is 4.81. The van der Waals surface area contributed by atoms with Gasteiger partial charge in [-0.15, -0.1) is 0 Å². The predicted octanol–water partition coefficient (Wildman–Crippen LogP) is 6.01. The minimum absolute atomic E-state index is 0.147. The zero-order chi connectivity index (χ0) is 19.7. The van der Waals surface area contributed by atoms with Crippen molar-refractivity contribution in [3.63, 3.8) is 0 Å². The van der Waals surface area contributed by atoms with Gasteiger partial charge in [-0.1, -0.05) is 60.1 Å². The summed E-state index contributed by atoms with van der Waals surface area (Å²) < 4.78 is 42.5. The summed E-state index contributed by atoms with van der Waals surface area (Å²) in [6.45, 7) is 0.419. The highest BCUT2D eigenvalue weighted by Crippen LogP contribution is 2.36. The van der Waals surface area contributed by atoms with E-state index in [2.05, 4.69) is 9.97 Å². The molecule has 2 aromatic heterocycles. The molecule has 0 spiro atoms. The van der Waals surface area contributed by atoms with Crippen LogP contribution in [-0.2, 0) is 19.1 Å². The van der Waals surface area contributed by atoms with Crippen molar-refractivity contribution in [1.29, 1.82) is 0 Å². The van der Waals surface area contributed by atoms with Gasteiger partial charge in [-0.25, -0.2) is 9.97 Å². The van der Waals surface area contributed by atoms with Crippen LogP contribution >= 0.6 is 11.6 Å². The fourth-order valence-electron chi connectivity index (χ4n) is 3.11. The van der Waals surface area contributed by atoms with Gasteiger partial charge in [-0.3, -0.25) is 0 Å². The van der Waals surface area contributed by atoms with Crippen LogP contribution in [0, 0.1) is 0 Å². The second-order valence-corrected chi connectivity index (χ2v) is 6.78. The molecule has 0 atom stereocenters. The summed E-state index contributed by atoms with van der Waals surface area (Å²) in [5, 5.41) is 0.626. The van der Waals surface area contributed by atoms with Gasteiger partial charge < -0.3 is 4.57 Å². The summed E-state index contributed by atoms with van der Waals surface area (Å²) in [5.74, 6) is 0. The summed E-state index contributed by atoms with van der Waals surface area (Å²) >= 11 is 6.18. The normalized spacial score (nSPS) is 11.9. The highest BCUT2D eigenvalue weighted by atomic mass is 35.5. The van der Waals surface area contributed by atoms with Gasteiger partial charge in [-0.05, 0) is 24.1 Å². The summed E-state index contributed by atoms with van der Waals surface area (Å²) in [5.41, 5.74) is 1.08. The highest BCUT2D eigenvalue weighted by Gasteiger charge is 2.35. The third kappa shape index (κ3) is 3.60. The quantitative estimate of drug-likeness (QED) is 0.419. The molecule has 0 unspecified atom stereocenters. The predicted molar refractivity (Wildman–Crippen MR) is 103 cm³/mol. The maximum Gasteiger partial charge on any atom is 0.418 e. The Morgan fingerprint density at radius 1 is 0.964 bits per heavy atom. The van der Waals surface area contributed by atoms with Gasteiger partial charge in [0.05, 0.1) is 17.6 Å². The van der Waals surface area contributed by atoms with Crippen molar-refractivity contribution in [1.82, 2.24) is 14.5 Å². The largest absolute Gasteiger partial charge is 0.418 e. The molecular formula is C21H15ClF3N3. The molecule has 3 nitrogen and oxygen atoms in total. The lowest BCUT2D eigenvalue weighted by Crippen LogP contribution is -2.08. The maximum atomic E-state index is 13.6. The smallest absolute Gasteiger partial charge is 0.315 e. The van der Waals surface area contributed by atoms with Gasteiger partial charge in [0.25, 0.3) is 0 Å². The number of aromatic nitrogens is 3. The van der Waals surface area contributed by atoms with Crippen molar-refractivity contribution >= 4 is 22.8 Å². The molecule has 0 aliphatic heterocycles. The van der Waals surface area contributed by atoms with Gasteiger partial charge >= 0.3 is 6.18 Å². The number of rotatable bonds is 4. The van der Waals surface area contributed by atoms with E-state index in [0.717, 1.165) is 11.6 Å². The van der Waals surface area contributed by atoms with Gasteiger partial charge in [0, 0.05) is 17.1 Å². The number of hydrogen-bond donors (Lipinski definition) is 0. The Morgan fingerprint density at radius 2 is 1.68 bits per heavy atom. The van der Waals surface area contributed by atoms with Gasteiger partial charge in [0.1, 0.15) is 5.52 Å². The number of aryl methyl sites for hydroxylation is 2. The van der Waals surface area contributed by atoms with E-state index < -0.39 is 11.7 Å². The SMILES string of the molecule is FC(F)(F)c1cc(-c2ccccc2)nc2c1ncn2CCc1ccccc1Cl. The lowest BCUT2D eigenvalue weighted by Gasteiger charge is -2.11. The van der Waals surface area contributed by atoms with Crippen LogP contribution in [0.5, 0.6) is 0 Å². The average Bonchev–Trinajstić information content (AvgIpc) is 3.09. The lowest BCUT2D eigenvalue weighted by atomic mass is 10.1. The van der Waals surface area contributed by atoms with Crippen LogP contribution in [0.4, 0.5) is 13.2 Å². The molecule has 4 rings (SSSR count). The molecule has 0 saturated carbocycles. The number of nitrogens with zero attached hydrogens (tertiary/aromatic N) is 3. The lowest BCUT2D eigenvalue weighted by molar-refractivity contribution is -0.136. The number of fused-ring (bicyclic) bond motifs is 1. The van der Waals surface area contributed by atoms with E-state index in [9.17, 15) is 13.2 Å². The second-order valence-electron chi connectivity index (χ2n) is 6.37. The van der Waals surface area contributed by atoms with E-state index in [1.807, 2.05) is 18.2 Å². The zero-order valence-electron chi connectivity index (χ0n) is 14.6. The molecule has 0 saturated heterocycles. The molecular weight excluding hydrogens is 387 g/mol. The number of alkyl halides is 3. The first-order valence-electron chi connectivity index (χ1n) is 8.65. The molecule has 28 heavy (non-hydrogen) atoms. The first-order chi connectivity index (χ1) is 13.4. The summed E-state index contributed by atoms with van der Waals surface area (Å²) in [6.07, 6.45) is -2.56. The molecule has 2 heterocycles. The molecule has 4 aromatic rings. The third-order valence-electron chi connectivity index (χ3n) is 4.53. The van der Waals surface area contributed by atoms with Crippen LogP contribution in [0.3, 0.4) is 0 Å². The number of benzene rings is 2.